The van der Waals surface area contributed by atoms with E-state index in [0.717, 1.165) is 62.3 Å². The van der Waals surface area contributed by atoms with Crippen LogP contribution in [0.5, 0.6) is 0 Å². The number of rotatable bonds is 6. The Balaban J connectivity index is 1.62. The molecule has 3 heterocycles. The summed E-state index contributed by atoms with van der Waals surface area (Å²) >= 11 is 0. The van der Waals surface area contributed by atoms with Crippen LogP contribution in [0.15, 0.2) is 36.5 Å². The van der Waals surface area contributed by atoms with Crippen LogP contribution in [0.3, 0.4) is 0 Å². The fraction of sp³-hybridized carbons (Fsp3) is 0.296. The summed E-state index contributed by atoms with van der Waals surface area (Å²) in [6, 6.07) is 9.98. The number of nitrogens with zero attached hydrogens (tertiary/aromatic N) is 6. The molecule has 9 heteroatoms. The Labute approximate surface area is 209 Å². The van der Waals surface area contributed by atoms with Gasteiger partial charge in [-0.25, -0.2) is 15.0 Å². The van der Waals surface area contributed by atoms with Crippen LogP contribution in [0.4, 0.5) is 5.82 Å². The predicted octanol–water partition coefficient (Wildman–Crippen LogP) is 4.40. The number of nitrogens with one attached hydrogen (secondary N) is 2. The molecule has 5 aromatic rings. The zero-order chi connectivity index (χ0) is 25.6. The van der Waals surface area contributed by atoms with Gasteiger partial charge in [-0.05, 0) is 43.7 Å². The summed E-state index contributed by atoms with van der Waals surface area (Å²) < 4.78 is 2.04. The first-order valence-electron chi connectivity index (χ1n) is 12.0. The fourth-order valence-corrected chi connectivity index (χ4v) is 4.59. The summed E-state index contributed by atoms with van der Waals surface area (Å²) in [4.78, 5) is 29.7. The molecule has 184 valence electrons. The van der Waals surface area contributed by atoms with Crippen LogP contribution < -0.4 is 5.32 Å². The summed E-state index contributed by atoms with van der Waals surface area (Å²) in [6.45, 7) is 6.52. The molecule has 0 unspecified atom stereocenters. The number of aryl methyl sites for hydroxylation is 3. The molecule has 2 N–H and O–H groups in total. The van der Waals surface area contributed by atoms with Crippen LogP contribution >= 0.6 is 0 Å². The molecular formula is C27H30N8O. The molecule has 2 aromatic carbocycles. The normalized spacial score (nSPS) is 11.4. The molecule has 0 saturated heterocycles. The van der Waals surface area contributed by atoms with Crippen molar-refractivity contribution in [2.45, 2.75) is 33.7 Å². The van der Waals surface area contributed by atoms with Crippen LogP contribution in [0.2, 0.25) is 0 Å². The maximum absolute atomic E-state index is 13.8. The minimum Gasteiger partial charge on any atom is -0.371 e. The molecule has 0 fully saturated rings. The van der Waals surface area contributed by atoms with E-state index < -0.39 is 0 Å². The summed E-state index contributed by atoms with van der Waals surface area (Å²) in [6.07, 6.45) is 2.67. The van der Waals surface area contributed by atoms with Gasteiger partial charge in [0.15, 0.2) is 11.6 Å². The number of fused-ring (bicyclic) bond motifs is 2. The molecule has 3 aromatic heterocycles. The van der Waals surface area contributed by atoms with Gasteiger partial charge >= 0.3 is 0 Å². The monoisotopic (exact) mass is 482 g/mol. The molecule has 0 spiro atoms. The first-order chi connectivity index (χ1) is 17.3. The van der Waals surface area contributed by atoms with Crippen LogP contribution in [0.25, 0.3) is 33.2 Å². The smallest absolute Gasteiger partial charge is 0.273 e. The number of aromatic amines is 1. The van der Waals surface area contributed by atoms with Crippen molar-refractivity contribution in [3.63, 3.8) is 0 Å². The van der Waals surface area contributed by atoms with E-state index in [0.29, 0.717) is 18.1 Å². The lowest BCUT2D eigenvalue weighted by Gasteiger charge is -2.19. The van der Waals surface area contributed by atoms with E-state index in [1.165, 1.54) is 0 Å². The Hall–Kier alpha value is -4.27. The van der Waals surface area contributed by atoms with Crippen molar-refractivity contribution in [1.82, 2.24) is 34.6 Å². The van der Waals surface area contributed by atoms with E-state index in [1.54, 1.807) is 11.9 Å². The summed E-state index contributed by atoms with van der Waals surface area (Å²) in [5, 5.41) is 12.2. The number of H-pyrrole nitrogens is 1. The molecule has 36 heavy (non-hydrogen) atoms. The number of carbonyl (C=O) groups excluding carboxylic acids is 1. The van der Waals surface area contributed by atoms with Gasteiger partial charge in [0, 0.05) is 43.9 Å². The van der Waals surface area contributed by atoms with Crippen molar-refractivity contribution in [1.29, 1.82) is 0 Å². The molecule has 0 saturated carbocycles. The number of amides is 1. The zero-order valence-corrected chi connectivity index (χ0v) is 21.5. The maximum Gasteiger partial charge on any atom is 0.273 e. The fourth-order valence-electron chi connectivity index (χ4n) is 4.59. The van der Waals surface area contributed by atoms with E-state index in [4.69, 9.17) is 9.97 Å². The van der Waals surface area contributed by atoms with E-state index >= 15 is 0 Å². The SMILES string of the molecule is CCc1ncc(CN(C)C(=O)c2nc(-c3cc4c(NC)n[nH]c4cc3C)nc3ccc(C)cc23)n1C. The molecule has 0 aliphatic heterocycles. The first kappa shape index (κ1) is 23.5. The highest BCUT2D eigenvalue weighted by Gasteiger charge is 2.22. The van der Waals surface area contributed by atoms with Gasteiger partial charge in [-0.2, -0.15) is 5.10 Å². The highest BCUT2D eigenvalue weighted by molar-refractivity contribution is 6.05. The standard InChI is InChI=1S/C27H30N8O/c1-7-23-29-13-17(35(23)6)14-34(5)27(36)24-19-10-15(2)8-9-21(19)30-26(31-24)18-12-20-22(11-16(18)3)32-33-25(20)28-4/h8-13H,7,14H2,1-6H3,(H2,28,32,33). The summed E-state index contributed by atoms with van der Waals surface area (Å²) in [7, 11) is 5.61. The lowest BCUT2D eigenvalue weighted by Crippen LogP contribution is -2.28. The Morgan fingerprint density at radius 3 is 2.67 bits per heavy atom. The molecule has 0 bridgehead atoms. The predicted molar refractivity (Wildman–Crippen MR) is 142 cm³/mol. The second-order valence-electron chi connectivity index (χ2n) is 9.19. The highest BCUT2D eigenvalue weighted by Crippen LogP contribution is 2.31. The van der Waals surface area contributed by atoms with Crippen molar-refractivity contribution >= 4 is 33.5 Å². The number of anilines is 1. The van der Waals surface area contributed by atoms with Gasteiger partial charge < -0.3 is 14.8 Å². The molecular weight excluding hydrogens is 452 g/mol. The van der Waals surface area contributed by atoms with Gasteiger partial charge in [-0.15, -0.1) is 0 Å². The first-order valence-corrected chi connectivity index (χ1v) is 12.0. The van der Waals surface area contributed by atoms with Crippen molar-refractivity contribution < 1.29 is 4.79 Å². The van der Waals surface area contributed by atoms with Crippen molar-refractivity contribution in [3.8, 4) is 11.4 Å². The molecule has 1 amide bonds. The molecule has 9 nitrogen and oxygen atoms in total. The molecule has 5 rings (SSSR count). The Bertz CT molecular complexity index is 1610. The minimum absolute atomic E-state index is 0.161. The average Bonchev–Trinajstić information content (AvgIpc) is 3.44. The Morgan fingerprint density at radius 1 is 1.14 bits per heavy atom. The quantitative estimate of drug-likeness (QED) is 0.372. The second kappa shape index (κ2) is 9.07. The Morgan fingerprint density at radius 2 is 1.94 bits per heavy atom. The van der Waals surface area contributed by atoms with Crippen LogP contribution in [0.1, 0.15) is 40.1 Å². The molecule has 0 atom stereocenters. The molecule has 0 radical (unpaired) electrons. The van der Waals surface area contributed by atoms with Crippen molar-refractivity contribution in [2.75, 3.05) is 19.4 Å². The van der Waals surface area contributed by atoms with Gasteiger partial charge in [0.05, 0.1) is 29.5 Å². The van der Waals surface area contributed by atoms with Crippen LogP contribution in [-0.2, 0) is 20.0 Å². The lowest BCUT2D eigenvalue weighted by atomic mass is 10.0. The zero-order valence-electron chi connectivity index (χ0n) is 21.5. The minimum atomic E-state index is -0.161. The summed E-state index contributed by atoms with van der Waals surface area (Å²) in [5.74, 6) is 2.09. The third-order valence-corrected chi connectivity index (χ3v) is 6.68. The molecule has 0 aliphatic carbocycles. The van der Waals surface area contributed by atoms with E-state index in [-0.39, 0.29) is 5.91 Å². The number of carbonyl (C=O) groups is 1. The number of benzene rings is 2. The number of imidazole rings is 1. The van der Waals surface area contributed by atoms with E-state index in [9.17, 15) is 4.79 Å². The lowest BCUT2D eigenvalue weighted by molar-refractivity contribution is 0.0778. The number of hydrogen-bond donors (Lipinski definition) is 2. The Kier molecular flexibility index (Phi) is 5.91. The third kappa shape index (κ3) is 3.96. The van der Waals surface area contributed by atoms with E-state index in [1.807, 2.05) is 69.0 Å². The largest absolute Gasteiger partial charge is 0.371 e. The number of aromatic nitrogens is 6. The summed E-state index contributed by atoms with van der Waals surface area (Å²) in [5.41, 5.74) is 5.92. The van der Waals surface area contributed by atoms with Gasteiger partial charge in [0.25, 0.3) is 5.91 Å². The van der Waals surface area contributed by atoms with E-state index in [2.05, 4.69) is 27.4 Å². The van der Waals surface area contributed by atoms with Crippen LogP contribution in [-0.4, -0.2) is 54.6 Å². The van der Waals surface area contributed by atoms with Crippen molar-refractivity contribution in [2.24, 2.45) is 7.05 Å². The highest BCUT2D eigenvalue weighted by atomic mass is 16.2. The average molecular weight is 483 g/mol. The second-order valence-corrected chi connectivity index (χ2v) is 9.19. The van der Waals surface area contributed by atoms with Gasteiger partial charge in [-0.3, -0.25) is 9.89 Å². The topological polar surface area (TPSA) is 105 Å². The van der Waals surface area contributed by atoms with Gasteiger partial charge in [-0.1, -0.05) is 18.6 Å². The van der Waals surface area contributed by atoms with Crippen LogP contribution in [0, 0.1) is 13.8 Å². The third-order valence-electron chi connectivity index (χ3n) is 6.68. The number of hydrogen-bond acceptors (Lipinski definition) is 6. The van der Waals surface area contributed by atoms with Crippen molar-refractivity contribution in [3.05, 3.63) is 64.9 Å². The maximum atomic E-state index is 13.8. The van der Waals surface area contributed by atoms with Gasteiger partial charge in [0.1, 0.15) is 11.5 Å². The molecule has 0 aliphatic rings. The van der Waals surface area contributed by atoms with Gasteiger partial charge in [0.2, 0.25) is 0 Å².